The Kier molecular flexibility index (Phi) is 6.17. The molecule has 0 bridgehead atoms. The molecule has 0 unspecified atom stereocenters. The van der Waals surface area contributed by atoms with Crippen molar-refractivity contribution in [2.75, 3.05) is 31.7 Å². The molecule has 0 atom stereocenters. The first kappa shape index (κ1) is 13.8. The lowest BCUT2D eigenvalue weighted by Gasteiger charge is -2.20. The van der Waals surface area contributed by atoms with E-state index < -0.39 is 0 Å². The number of halogens is 2. The average molecular weight is 307 g/mol. The van der Waals surface area contributed by atoms with Crippen LogP contribution in [-0.2, 0) is 10.1 Å². The molecule has 90 valence electrons. The number of benzene rings is 1. The number of rotatable bonds is 6. The number of hydrogen-bond donors (Lipinski definition) is 0. The summed E-state index contributed by atoms with van der Waals surface area (Å²) >= 11 is 9.62. The van der Waals surface area contributed by atoms with Gasteiger partial charge in [-0.05, 0) is 24.6 Å². The molecule has 0 aliphatic heterocycles. The van der Waals surface area contributed by atoms with E-state index in [4.69, 9.17) is 16.3 Å². The summed E-state index contributed by atoms with van der Waals surface area (Å²) in [4.78, 5) is 2.11. The molecule has 1 aromatic carbocycles. The van der Waals surface area contributed by atoms with Crippen molar-refractivity contribution in [1.29, 1.82) is 0 Å². The Bertz CT molecular complexity index is 333. The van der Waals surface area contributed by atoms with Crippen molar-refractivity contribution in [1.82, 2.24) is 0 Å². The minimum absolute atomic E-state index is 0.726. The van der Waals surface area contributed by atoms with E-state index in [9.17, 15) is 0 Å². The van der Waals surface area contributed by atoms with Crippen LogP contribution in [0.4, 0.5) is 5.69 Å². The first-order valence-corrected chi connectivity index (χ1v) is 6.82. The third-order valence-corrected chi connectivity index (χ3v) is 3.30. The highest BCUT2D eigenvalue weighted by atomic mass is 79.9. The maximum atomic E-state index is 6.21. The Morgan fingerprint density at radius 2 is 2.19 bits per heavy atom. The highest BCUT2D eigenvalue weighted by Crippen LogP contribution is 2.26. The van der Waals surface area contributed by atoms with Crippen molar-refractivity contribution in [3.8, 4) is 0 Å². The van der Waals surface area contributed by atoms with E-state index in [-0.39, 0.29) is 0 Å². The largest absolute Gasteiger partial charge is 0.380 e. The van der Waals surface area contributed by atoms with Crippen molar-refractivity contribution in [2.24, 2.45) is 0 Å². The maximum Gasteiger partial charge on any atom is 0.0642 e. The molecule has 0 fully saturated rings. The fourth-order valence-electron chi connectivity index (χ4n) is 1.41. The van der Waals surface area contributed by atoms with Gasteiger partial charge in [0.1, 0.15) is 0 Å². The molecule has 0 aliphatic carbocycles. The van der Waals surface area contributed by atoms with Gasteiger partial charge in [0.15, 0.2) is 0 Å². The summed E-state index contributed by atoms with van der Waals surface area (Å²) in [7, 11) is 2.02. The predicted molar refractivity (Wildman–Crippen MR) is 73.8 cm³/mol. The van der Waals surface area contributed by atoms with E-state index in [0.29, 0.717) is 0 Å². The number of likely N-dealkylation sites (N-methyl/N-ethyl adjacent to an activating group) is 1. The van der Waals surface area contributed by atoms with Crippen LogP contribution in [0.2, 0.25) is 5.02 Å². The molecule has 0 heterocycles. The molecule has 0 saturated heterocycles. The zero-order chi connectivity index (χ0) is 12.0. The molecule has 1 rings (SSSR count). The Balaban J connectivity index is 2.64. The number of nitrogens with zero attached hydrogens (tertiary/aromatic N) is 1. The molecule has 0 aliphatic rings. The molecule has 0 aromatic heterocycles. The van der Waals surface area contributed by atoms with Crippen molar-refractivity contribution in [2.45, 2.75) is 12.3 Å². The lowest BCUT2D eigenvalue weighted by Crippen LogP contribution is -2.22. The molecule has 0 saturated carbocycles. The SMILES string of the molecule is CCOCCN(C)c1ccc(CBr)cc1Cl. The zero-order valence-electron chi connectivity index (χ0n) is 9.67. The summed E-state index contributed by atoms with van der Waals surface area (Å²) in [5.74, 6) is 0. The van der Waals surface area contributed by atoms with Crippen molar-refractivity contribution in [3.05, 3.63) is 28.8 Å². The quantitative estimate of drug-likeness (QED) is 0.587. The van der Waals surface area contributed by atoms with E-state index >= 15 is 0 Å². The van der Waals surface area contributed by atoms with E-state index in [2.05, 4.69) is 26.9 Å². The summed E-state index contributed by atoms with van der Waals surface area (Å²) in [6.07, 6.45) is 0. The molecule has 16 heavy (non-hydrogen) atoms. The molecule has 4 heteroatoms. The van der Waals surface area contributed by atoms with Crippen LogP contribution in [0.5, 0.6) is 0 Å². The van der Waals surface area contributed by atoms with E-state index in [1.165, 1.54) is 5.56 Å². The van der Waals surface area contributed by atoms with Gasteiger partial charge in [0.2, 0.25) is 0 Å². The van der Waals surface area contributed by atoms with Crippen LogP contribution in [0.1, 0.15) is 12.5 Å². The minimum Gasteiger partial charge on any atom is -0.380 e. The summed E-state index contributed by atoms with van der Waals surface area (Å²) < 4.78 is 5.32. The molecule has 0 spiro atoms. The second-order valence-corrected chi connectivity index (χ2v) is 4.51. The average Bonchev–Trinajstić information content (AvgIpc) is 2.29. The summed E-state index contributed by atoms with van der Waals surface area (Å²) in [6.45, 7) is 4.33. The predicted octanol–water partition coefficient (Wildman–Crippen LogP) is 3.71. The van der Waals surface area contributed by atoms with E-state index in [1.807, 2.05) is 26.1 Å². The van der Waals surface area contributed by atoms with Gasteiger partial charge in [-0.1, -0.05) is 33.6 Å². The Hall–Kier alpha value is -0.250. The molecule has 0 radical (unpaired) electrons. The number of ether oxygens (including phenoxy) is 1. The Morgan fingerprint density at radius 1 is 1.44 bits per heavy atom. The number of hydrogen-bond acceptors (Lipinski definition) is 2. The second-order valence-electron chi connectivity index (χ2n) is 3.54. The topological polar surface area (TPSA) is 12.5 Å². The third-order valence-electron chi connectivity index (χ3n) is 2.35. The monoisotopic (exact) mass is 305 g/mol. The standard InChI is InChI=1S/C12H17BrClNO/c1-3-16-7-6-15(2)12-5-4-10(9-13)8-11(12)14/h4-5,8H,3,6-7,9H2,1-2H3. The maximum absolute atomic E-state index is 6.21. The van der Waals surface area contributed by atoms with Crippen molar-refractivity contribution < 1.29 is 4.74 Å². The number of anilines is 1. The van der Waals surface area contributed by atoms with Gasteiger partial charge in [-0.15, -0.1) is 0 Å². The van der Waals surface area contributed by atoms with E-state index in [1.54, 1.807) is 0 Å². The van der Waals surface area contributed by atoms with Gasteiger partial charge in [0.25, 0.3) is 0 Å². The molecule has 0 N–H and O–H groups in total. The van der Waals surface area contributed by atoms with Crippen molar-refractivity contribution >= 4 is 33.2 Å². The van der Waals surface area contributed by atoms with Crippen LogP contribution < -0.4 is 4.90 Å². The fourth-order valence-corrected chi connectivity index (χ4v) is 2.11. The van der Waals surface area contributed by atoms with Gasteiger partial charge in [-0.2, -0.15) is 0 Å². The van der Waals surface area contributed by atoms with Gasteiger partial charge in [0, 0.05) is 25.5 Å². The van der Waals surface area contributed by atoms with Crippen LogP contribution in [0.25, 0.3) is 0 Å². The fraction of sp³-hybridized carbons (Fsp3) is 0.500. The second kappa shape index (κ2) is 7.15. The van der Waals surface area contributed by atoms with Crippen LogP contribution in [0, 0.1) is 0 Å². The molecular formula is C12H17BrClNO. The Morgan fingerprint density at radius 3 is 2.75 bits per heavy atom. The molecular weight excluding hydrogens is 289 g/mol. The van der Waals surface area contributed by atoms with Gasteiger partial charge in [-0.3, -0.25) is 0 Å². The summed E-state index contributed by atoms with van der Waals surface area (Å²) in [5, 5.41) is 1.62. The van der Waals surface area contributed by atoms with Crippen molar-refractivity contribution in [3.63, 3.8) is 0 Å². The molecule has 2 nitrogen and oxygen atoms in total. The van der Waals surface area contributed by atoms with E-state index in [0.717, 1.165) is 35.8 Å². The first-order chi connectivity index (χ1) is 7.69. The highest BCUT2D eigenvalue weighted by Gasteiger charge is 2.06. The van der Waals surface area contributed by atoms with Gasteiger partial charge < -0.3 is 9.64 Å². The summed E-state index contributed by atoms with van der Waals surface area (Å²) in [5.41, 5.74) is 2.23. The smallest absolute Gasteiger partial charge is 0.0642 e. The van der Waals surface area contributed by atoms with Gasteiger partial charge >= 0.3 is 0 Å². The molecule has 1 aromatic rings. The van der Waals surface area contributed by atoms with Gasteiger partial charge in [-0.25, -0.2) is 0 Å². The minimum atomic E-state index is 0.726. The van der Waals surface area contributed by atoms with Crippen LogP contribution in [0.3, 0.4) is 0 Å². The van der Waals surface area contributed by atoms with Gasteiger partial charge in [0.05, 0.1) is 17.3 Å². The van der Waals surface area contributed by atoms with Crippen LogP contribution >= 0.6 is 27.5 Å². The lowest BCUT2D eigenvalue weighted by atomic mass is 10.2. The normalized spacial score (nSPS) is 10.5. The number of alkyl halides is 1. The lowest BCUT2D eigenvalue weighted by molar-refractivity contribution is 0.154. The highest BCUT2D eigenvalue weighted by molar-refractivity contribution is 9.08. The molecule has 0 amide bonds. The summed E-state index contributed by atoms with van der Waals surface area (Å²) in [6, 6.07) is 6.11. The Labute approximate surface area is 111 Å². The van der Waals surface area contributed by atoms with Crippen LogP contribution in [-0.4, -0.2) is 26.8 Å². The van der Waals surface area contributed by atoms with Crippen LogP contribution in [0.15, 0.2) is 18.2 Å². The third kappa shape index (κ3) is 3.96. The zero-order valence-corrected chi connectivity index (χ0v) is 12.0. The first-order valence-electron chi connectivity index (χ1n) is 5.32.